The molecular weight excluding hydrogens is 303 g/mol. The molecule has 0 aliphatic rings. The van der Waals surface area contributed by atoms with Crippen molar-refractivity contribution < 1.29 is 4.39 Å². The number of aromatic nitrogens is 2. The van der Waals surface area contributed by atoms with Gasteiger partial charge < -0.3 is 4.98 Å². The minimum atomic E-state index is -0.285. The van der Waals surface area contributed by atoms with E-state index in [-0.39, 0.29) is 5.82 Å². The lowest BCUT2D eigenvalue weighted by Gasteiger charge is -2.08. The van der Waals surface area contributed by atoms with Gasteiger partial charge in [-0.2, -0.15) is 0 Å². The topological polar surface area (TPSA) is 28.7 Å². The van der Waals surface area contributed by atoms with E-state index in [0.29, 0.717) is 10.5 Å². The van der Waals surface area contributed by atoms with Crippen LogP contribution in [-0.2, 0) is 0 Å². The zero-order chi connectivity index (χ0) is 12.6. The van der Waals surface area contributed by atoms with E-state index in [0.717, 1.165) is 21.3 Å². The molecule has 0 saturated heterocycles. The molecule has 1 N–H and O–H groups in total. The fraction of sp³-hybridized carbons (Fsp3) is 0.167. The molecule has 0 fully saturated rings. The van der Waals surface area contributed by atoms with Crippen molar-refractivity contribution in [1.82, 2.24) is 9.97 Å². The average molecular weight is 313 g/mol. The summed E-state index contributed by atoms with van der Waals surface area (Å²) in [6.45, 7) is 3.80. The predicted molar refractivity (Wildman–Crippen MR) is 72.0 cm³/mol. The van der Waals surface area contributed by atoms with Crippen LogP contribution in [-0.4, -0.2) is 9.97 Å². The number of H-pyrrole nitrogens is 1. The summed E-state index contributed by atoms with van der Waals surface area (Å²) in [6.07, 6.45) is 0. The number of nitrogens with zero attached hydrogens (tertiary/aromatic N) is 1. The minimum Gasteiger partial charge on any atom is -0.342 e. The van der Waals surface area contributed by atoms with Gasteiger partial charge in [0.1, 0.15) is 16.3 Å². The minimum absolute atomic E-state index is 0.285. The molecule has 0 spiro atoms. The highest BCUT2D eigenvalue weighted by Gasteiger charge is 2.08. The maximum Gasteiger partial charge on any atom is 0.144 e. The van der Waals surface area contributed by atoms with Crippen LogP contribution >= 0.6 is 28.1 Å². The lowest BCUT2D eigenvalue weighted by molar-refractivity contribution is 0.627. The van der Waals surface area contributed by atoms with Gasteiger partial charge >= 0.3 is 0 Å². The largest absolute Gasteiger partial charge is 0.342 e. The molecule has 0 unspecified atom stereocenters. The Balaban J connectivity index is 2.69. The molecule has 2 aromatic rings. The molecule has 5 heteroatoms. The van der Waals surface area contributed by atoms with Crippen LogP contribution in [0, 0.1) is 24.3 Å². The van der Waals surface area contributed by atoms with Crippen LogP contribution in [0.2, 0.25) is 0 Å². The van der Waals surface area contributed by atoms with Gasteiger partial charge in [0, 0.05) is 11.3 Å². The van der Waals surface area contributed by atoms with E-state index in [9.17, 15) is 4.39 Å². The predicted octanol–water partition coefficient (Wildman–Crippen LogP) is 4.32. The maximum atomic E-state index is 13.2. The lowest BCUT2D eigenvalue weighted by Crippen LogP contribution is -1.96. The summed E-state index contributed by atoms with van der Waals surface area (Å²) < 4.78 is 14.5. The molecule has 0 aliphatic carbocycles. The summed E-state index contributed by atoms with van der Waals surface area (Å²) in [5, 5.41) is 0. The second-order valence-corrected chi connectivity index (χ2v) is 4.97. The molecule has 2 rings (SSSR count). The molecule has 0 bridgehead atoms. The van der Waals surface area contributed by atoms with Crippen molar-refractivity contribution in [3.05, 3.63) is 44.4 Å². The zero-order valence-corrected chi connectivity index (χ0v) is 11.7. The summed E-state index contributed by atoms with van der Waals surface area (Å²) in [5.41, 5.74) is 2.56. The SMILES string of the molecule is Cc1ccc(F)cc1-c1nc(=S)c(Br)c(C)[nH]1. The van der Waals surface area contributed by atoms with E-state index in [4.69, 9.17) is 12.2 Å². The van der Waals surface area contributed by atoms with E-state index in [2.05, 4.69) is 25.9 Å². The van der Waals surface area contributed by atoms with Crippen LogP contribution < -0.4 is 0 Å². The summed E-state index contributed by atoms with van der Waals surface area (Å²) in [4.78, 5) is 7.36. The van der Waals surface area contributed by atoms with Crippen molar-refractivity contribution in [3.63, 3.8) is 0 Å². The first-order valence-corrected chi connectivity index (χ1v) is 6.22. The Bertz CT molecular complexity index is 637. The third-order valence-electron chi connectivity index (χ3n) is 2.49. The van der Waals surface area contributed by atoms with Gasteiger partial charge in [-0.05, 0) is 47.5 Å². The Morgan fingerprint density at radius 1 is 1.35 bits per heavy atom. The average Bonchev–Trinajstić information content (AvgIpc) is 2.28. The quantitative estimate of drug-likeness (QED) is 0.794. The van der Waals surface area contributed by atoms with Crippen molar-refractivity contribution in [2.75, 3.05) is 0 Å². The van der Waals surface area contributed by atoms with Gasteiger partial charge in [0.15, 0.2) is 0 Å². The van der Waals surface area contributed by atoms with Crippen LogP contribution in [0.25, 0.3) is 11.4 Å². The Labute approximate surface area is 112 Å². The first-order valence-electron chi connectivity index (χ1n) is 5.02. The number of rotatable bonds is 1. The molecule has 0 amide bonds. The molecule has 1 aromatic carbocycles. The summed E-state index contributed by atoms with van der Waals surface area (Å²) in [6, 6.07) is 4.61. The number of nitrogens with one attached hydrogen (secondary N) is 1. The molecule has 0 radical (unpaired) electrons. The fourth-order valence-electron chi connectivity index (χ4n) is 1.55. The first-order chi connectivity index (χ1) is 7.99. The number of hydrogen-bond donors (Lipinski definition) is 1. The molecule has 2 nitrogen and oxygen atoms in total. The number of aryl methyl sites for hydroxylation is 2. The molecule has 0 atom stereocenters. The smallest absolute Gasteiger partial charge is 0.144 e. The van der Waals surface area contributed by atoms with E-state index in [1.165, 1.54) is 12.1 Å². The number of aromatic amines is 1. The molecule has 0 saturated carbocycles. The molecule has 17 heavy (non-hydrogen) atoms. The first kappa shape index (κ1) is 12.4. The van der Waals surface area contributed by atoms with E-state index in [1.54, 1.807) is 6.07 Å². The van der Waals surface area contributed by atoms with Crippen molar-refractivity contribution in [2.24, 2.45) is 0 Å². The molecule has 0 aliphatic heterocycles. The third-order valence-corrected chi connectivity index (χ3v) is 4.02. The van der Waals surface area contributed by atoms with Gasteiger partial charge in [-0.25, -0.2) is 9.37 Å². The molecule has 1 aromatic heterocycles. The van der Waals surface area contributed by atoms with Gasteiger partial charge in [-0.1, -0.05) is 18.3 Å². The number of hydrogen-bond acceptors (Lipinski definition) is 2. The number of halogens is 2. The highest BCUT2D eigenvalue weighted by Crippen LogP contribution is 2.23. The van der Waals surface area contributed by atoms with Crippen LogP contribution in [0.3, 0.4) is 0 Å². The summed E-state index contributed by atoms with van der Waals surface area (Å²) >= 11 is 8.48. The summed E-state index contributed by atoms with van der Waals surface area (Å²) in [5.74, 6) is 0.306. The Morgan fingerprint density at radius 2 is 2.06 bits per heavy atom. The zero-order valence-electron chi connectivity index (χ0n) is 9.34. The van der Waals surface area contributed by atoms with Crippen molar-refractivity contribution in [2.45, 2.75) is 13.8 Å². The van der Waals surface area contributed by atoms with Crippen molar-refractivity contribution >= 4 is 28.1 Å². The van der Waals surface area contributed by atoms with Crippen LogP contribution in [0.5, 0.6) is 0 Å². The van der Waals surface area contributed by atoms with E-state index >= 15 is 0 Å². The second-order valence-electron chi connectivity index (χ2n) is 3.79. The van der Waals surface area contributed by atoms with Gasteiger partial charge in [0.05, 0.1) is 4.47 Å². The standard InChI is InChI=1S/C12H10BrFN2S/c1-6-3-4-8(14)5-9(6)11-15-7(2)10(13)12(17)16-11/h3-5H,1-2H3,(H,15,16,17). The molecular formula is C12H10BrFN2S. The van der Waals surface area contributed by atoms with Crippen molar-refractivity contribution in [1.29, 1.82) is 0 Å². The van der Waals surface area contributed by atoms with Crippen LogP contribution in [0.1, 0.15) is 11.3 Å². The summed E-state index contributed by atoms with van der Waals surface area (Å²) in [7, 11) is 0. The highest BCUT2D eigenvalue weighted by atomic mass is 79.9. The van der Waals surface area contributed by atoms with Crippen LogP contribution in [0.15, 0.2) is 22.7 Å². The highest BCUT2D eigenvalue weighted by molar-refractivity contribution is 9.10. The lowest BCUT2D eigenvalue weighted by atomic mass is 10.1. The monoisotopic (exact) mass is 312 g/mol. The number of benzene rings is 1. The van der Waals surface area contributed by atoms with Gasteiger partial charge in [0.25, 0.3) is 0 Å². The van der Waals surface area contributed by atoms with E-state index < -0.39 is 0 Å². The molecule has 88 valence electrons. The normalized spacial score (nSPS) is 10.6. The van der Waals surface area contributed by atoms with Gasteiger partial charge in [0.2, 0.25) is 0 Å². The third kappa shape index (κ3) is 2.45. The van der Waals surface area contributed by atoms with Crippen LogP contribution in [0.4, 0.5) is 4.39 Å². The Hall–Kier alpha value is -1.07. The fourth-order valence-corrected chi connectivity index (χ4v) is 1.98. The van der Waals surface area contributed by atoms with Gasteiger partial charge in [-0.3, -0.25) is 0 Å². The van der Waals surface area contributed by atoms with Crippen molar-refractivity contribution in [3.8, 4) is 11.4 Å². The maximum absolute atomic E-state index is 13.2. The molecule has 1 heterocycles. The second kappa shape index (κ2) is 4.66. The van der Waals surface area contributed by atoms with E-state index in [1.807, 2.05) is 13.8 Å². The Morgan fingerprint density at radius 3 is 2.71 bits per heavy atom. The van der Waals surface area contributed by atoms with Gasteiger partial charge in [-0.15, -0.1) is 0 Å². The Kier molecular flexibility index (Phi) is 3.40.